The van der Waals surface area contributed by atoms with E-state index in [4.69, 9.17) is 4.52 Å². The summed E-state index contributed by atoms with van der Waals surface area (Å²) in [6.45, 7) is 2.08. The highest BCUT2D eigenvalue weighted by Crippen LogP contribution is 2.29. The summed E-state index contributed by atoms with van der Waals surface area (Å²) in [4.78, 5) is 12.6. The monoisotopic (exact) mass is 360 g/mol. The van der Waals surface area contributed by atoms with E-state index in [1.807, 2.05) is 24.3 Å². The van der Waals surface area contributed by atoms with Crippen LogP contribution in [0.4, 0.5) is 10.1 Å². The number of rotatable bonds is 4. The van der Waals surface area contributed by atoms with Gasteiger partial charge in [-0.1, -0.05) is 24.2 Å². The number of benzene rings is 3. The number of aromatic nitrogens is 1. The highest BCUT2D eigenvalue weighted by molar-refractivity contribution is 6.07. The fourth-order valence-electron chi connectivity index (χ4n) is 2.92. The highest BCUT2D eigenvalue weighted by atomic mass is 19.1. The number of anilines is 1. The molecule has 134 valence electrons. The van der Waals surface area contributed by atoms with Crippen molar-refractivity contribution in [3.63, 3.8) is 0 Å². The number of nitrogens with one attached hydrogen (secondary N) is 1. The van der Waals surface area contributed by atoms with E-state index in [0.29, 0.717) is 27.8 Å². The SMILES string of the molecule is CCc1ccc(NC(=O)c2ccc3noc(-c4ccc(F)cc4)c3c2)cc1. The summed E-state index contributed by atoms with van der Waals surface area (Å²) in [7, 11) is 0. The van der Waals surface area contributed by atoms with Gasteiger partial charge in [0.25, 0.3) is 5.91 Å². The van der Waals surface area contributed by atoms with Gasteiger partial charge in [0.15, 0.2) is 5.76 Å². The lowest BCUT2D eigenvalue weighted by atomic mass is 10.1. The van der Waals surface area contributed by atoms with Crippen LogP contribution in [0.5, 0.6) is 0 Å². The normalized spacial score (nSPS) is 10.9. The van der Waals surface area contributed by atoms with E-state index in [1.165, 1.54) is 17.7 Å². The molecule has 4 nitrogen and oxygen atoms in total. The third-order valence-corrected chi connectivity index (χ3v) is 4.47. The largest absolute Gasteiger partial charge is 0.355 e. The summed E-state index contributed by atoms with van der Waals surface area (Å²) in [6, 6.07) is 18.9. The van der Waals surface area contributed by atoms with Crippen LogP contribution in [0.3, 0.4) is 0 Å². The minimum absolute atomic E-state index is 0.215. The van der Waals surface area contributed by atoms with Crippen molar-refractivity contribution in [2.24, 2.45) is 0 Å². The first kappa shape index (κ1) is 17.0. The molecule has 1 aromatic heterocycles. The Bertz CT molecular complexity index is 1100. The van der Waals surface area contributed by atoms with Gasteiger partial charge < -0.3 is 9.84 Å². The van der Waals surface area contributed by atoms with Gasteiger partial charge in [0, 0.05) is 16.8 Å². The van der Waals surface area contributed by atoms with Crippen molar-refractivity contribution >= 4 is 22.5 Å². The van der Waals surface area contributed by atoms with Crippen LogP contribution < -0.4 is 5.32 Å². The number of halogens is 1. The molecule has 1 amide bonds. The van der Waals surface area contributed by atoms with Crippen molar-refractivity contribution in [2.45, 2.75) is 13.3 Å². The fraction of sp³-hybridized carbons (Fsp3) is 0.0909. The molecule has 0 aliphatic heterocycles. The summed E-state index contributed by atoms with van der Waals surface area (Å²) in [6.07, 6.45) is 0.949. The lowest BCUT2D eigenvalue weighted by molar-refractivity contribution is 0.102. The summed E-state index contributed by atoms with van der Waals surface area (Å²) in [5.74, 6) is -0.0314. The van der Waals surface area contributed by atoms with Gasteiger partial charge in [-0.2, -0.15) is 0 Å². The summed E-state index contributed by atoms with van der Waals surface area (Å²) in [5, 5.41) is 7.62. The highest BCUT2D eigenvalue weighted by Gasteiger charge is 2.14. The molecular weight excluding hydrogens is 343 g/mol. The van der Waals surface area contributed by atoms with Crippen LogP contribution in [0.15, 0.2) is 71.3 Å². The first-order chi connectivity index (χ1) is 13.1. The van der Waals surface area contributed by atoms with Crippen LogP contribution >= 0.6 is 0 Å². The van der Waals surface area contributed by atoms with Crippen LogP contribution in [-0.2, 0) is 6.42 Å². The molecule has 0 saturated carbocycles. The Hall–Kier alpha value is -3.47. The molecule has 0 spiro atoms. The summed E-state index contributed by atoms with van der Waals surface area (Å²) in [5.41, 5.74) is 3.78. The number of amides is 1. The minimum Gasteiger partial charge on any atom is -0.355 e. The van der Waals surface area contributed by atoms with Gasteiger partial charge in [0.05, 0.1) is 5.39 Å². The molecule has 5 heteroatoms. The number of carbonyl (C=O) groups is 1. The van der Waals surface area contributed by atoms with Crippen molar-refractivity contribution < 1.29 is 13.7 Å². The molecule has 27 heavy (non-hydrogen) atoms. The van der Waals surface area contributed by atoms with E-state index in [0.717, 1.165) is 12.1 Å². The maximum atomic E-state index is 13.2. The molecule has 1 N–H and O–H groups in total. The van der Waals surface area contributed by atoms with Gasteiger partial charge in [0.2, 0.25) is 0 Å². The predicted molar refractivity (Wildman–Crippen MR) is 103 cm³/mol. The number of fused-ring (bicyclic) bond motifs is 1. The number of hydrogen-bond donors (Lipinski definition) is 1. The zero-order chi connectivity index (χ0) is 18.8. The van der Waals surface area contributed by atoms with Gasteiger partial charge in [-0.3, -0.25) is 4.79 Å². The second-order valence-electron chi connectivity index (χ2n) is 6.26. The third-order valence-electron chi connectivity index (χ3n) is 4.47. The van der Waals surface area contributed by atoms with E-state index >= 15 is 0 Å². The Morgan fingerprint density at radius 2 is 1.78 bits per heavy atom. The molecule has 0 aliphatic carbocycles. The molecule has 0 bridgehead atoms. The molecule has 3 aromatic carbocycles. The zero-order valence-electron chi connectivity index (χ0n) is 14.7. The van der Waals surface area contributed by atoms with Crippen LogP contribution in [0.25, 0.3) is 22.2 Å². The average molecular weight is 360 g/mol. The van der Waals surface area contributed by atoms with E-state index in [2.05, 4.69) is 17.4 Å². The molecule has 4 aromatic rings. The summed E-state index contributed by atoms with van der Waals surface area (Å²) < 4.78 is 18.6. The maximum absolute atomic E-state index is 13.2. The molecule has 1 heterocycles. The fourth-order valence-corrected chi connectivity index (χ4v) is 2.92. The average Bonchev–Trinajstić information content (AvgIpc) is 3.12. The Morgan fingerprint density at radius 1 is 1.04 bits per heavy atom. The first-order valence-corrected chi connectivity index (χ1v) is 8.69. The lowest BCUT2D eigenvalue weighted by Gasteiger charge is -2.06. The number of aryl methyl sites for hydroxylation is 1. The number of nitrogens with zero attached hydrogens (tertiary/aromatic N) is 1. The van der Waals surface area contributed by atoms with Crippen LogP contribution in [0.1, 0.15) is 22.8 Å². The Labute approximate surface area is 155 Å². The predicted octanol–water partition coefficient (Wildman–Crippen LogP) is 5.45. The van der Waals surface area contributed by atoms with Crippen molar-refractivity contribution in [1.82, 2.24) is 5.16 Å². The Balaban J connectivity index is 1.64. The van der Waals surface area contributed by atoms with Crippen LogP contribution in [0.2, 0.25) is 0 Å². The third kappa shape index (κ3) is 3.44. The number of hydrogen-bond acceptors (Lipinski definition) is 3. The lowest BCUT2D eigenvalue weighted by Crippen LogP contribution is -2.11. The van der Waals surface area contributed by atoms with Gasteiger partial charge >= 0.3 is 0 Å². The zero-order valence-corrected chi connectivity index (χ0v) is 14.7. The molecule has 0 radical (unpaired) electrons. The molecule has 0 saturated heterocycles. The van der Waals surface area contributed by atoms with E-state index in [1.54, 1.807) is 30.3 Å². The van der Waals surface area contributed by atoms with Crippen molar-refractivity contribution in [3.05, 3.63) is 83.7 Å². The standard InChI is InChI=1S/C22H17FN2O2/c1-2-14-3-10-18(11-4-14)24-22(26)16-7-12-20-19(13-16)21(27-25-20)15-5-8-17(23)9-6-15/h3-13H,2H2,1H3,(H,24,26). The molecule has 4 rings (SSSR count). The van der Waals surface area contributed by atoms with E-state index in [9.17, 15) is 9.18 Å². The molecular formula is C22H17FN2O2. The first-order valence-electron chi connectivity index (χ1n) is 8.69. The van der Waals surface area contributed by atoms with Gasteiger partial charge in [-0.05, 0) is 66.6 Å². The van der Waals surface area contributed by atoms with Crippen molar-refractivity contribution in [2.75, 3.05) is 5.32 Å². The van der Waals surface area contributed by atoms with Crippen molar-refractivity contribution in [1.29, 1.82) is 0 Å². The smallest absolute Gasteiger partial charge is 0.255 e. The number of carbonyl (C=O) groups excluding carboxylic acids is 1. The Morgan fingerprint density at radius 3 is 2.48 bits per heavy atom. The molecule has 0 atom stereocenters. The molecule has 0 aliphatic rings. The van der Waals surface area contributed by atoms with Gasteiger partial charge in [0.1, 0.15) is 11.3 Å². The minimum atomic E-state index is -0.322. The second kappa shape index (κ2) is 7.03. The van der Waals surface area contributed by atoms with Crippen LogP contribution in [-0.4, -0.2) is 11.1 Å². The van der Waals surface area contributed by atoms with E-state index < -0.39 is 0 Å². The molecule has 0 unspecified atom stereocenters. The van der Waals surface area contributed by atoms with E-state index in [-0.39, 0.29) is 11.7 Å². The van der Waals surface area contributed by atoms with Crippen LogP contribution in [0, 0.1) is 5.82 Å². The van der Waals surface area contributed by atoms with Gasteiger partial charge in [-0.15, -0.1) is 0 Å². The maximum Gasteiger partial charge on any atom is 0.255 e. The molecule has 0 fully saturated rings. The quantitative estimate of drug-likeness (QED) is 0.526. The van der Waals surface area contributed by atoms with Gasteiger partial charge in [-0.25, -0.2) is 4.39 Å². The van der Waals surface area contributed by atoms with Crippen molar-refractivity contribution in [3.8, 4) is 11.3 Å². The topological polar surface area (TPSA) is 55.1 Å². The Kier molecular flexibility index (Phi) is 4.42. The summed E-state index contributed by atoms with van der Waals surface area (Å²) >= 11 is 0. The second-order valence-corrected chi connectivity index (χ2v) is 6.26.